The monoisotopic (exact) mass is 242 g/mol. The minimum Gasteiger partial charge on any atom is -0.331 e. The van der Waals surface area contributed by atoms with Crippen molar-refractivity contribution < 1.29 is 4.79 Å². The molecule has 2 aromatic heterocycles. The van der Waals surface area contributed by atoms with Crippen LogP contribution < -0.4 is 0 Å². The van der Waals surface area contributed by atoms with Crippen LogP contribution in [0.15, 0.2) is 42.9 Å². The fraction of sp³-hybridized carbons (Fsp3) is 0.0769. The highest BCUT2D eigenvalue weighted by Crippen LogP contribution is 2.26. The molecular formula is C13H10N2OS. The lowest BCUT2D eigenvalue weighted by Gasteiger charge is -1.97. The van der Waals surface area contributed by atoms with Gasteiger partial charge < -0.3 is 4.57 Å². The van der Waals surface area contributed by atoms with Crippen LogP contribution in [0.5, 0.6) is 0 Å². The number of imidazole rings is 1. The summed E-state index contributed by atoms with van der Waals surface area (Å²) < 4.78 is 2.88. The first kappa shape index (κ1) is 10.2. The Kier molecular flexibility index (Phi) is 2.30. The van der Waals surface area contributed by atoms with Gasteiger partial charge in [0.1, 0.15) is 5.69 Å². The SMILES string of the molecule is Cn1cncc1C(=O)c1cc2ccccc2s1. The number of aromatic nitrogens is 2. The van der Waals surface area contributed by atoms with Crippen LogP contribution in [0.25, 0.3) is 10.1 Å². The standard InChI is InChI=1S/C13H10N2OS/c1-15-8-14-7-10(15)13(16)12-6-9-4-2-3-5-11(9)17-12/h2-8H,1H3. The van der Waals surface area contributed by atoms with Crippen LogP contribution in [0, 0.1) is 0 Å². The fourth-order valence-electron chi connectivity index (χ4n) is 1.80. The maximum absolute atomic E-state index is 12.2. The minimum atomic E-state index is 0.0335. The smallest absolute Gasteiger partial charge is 0.220 e. The second kappa shape index (κ2) is 3.82. The summed E-state index contributed by atoms with van der Waals surface area (Å²) in [4.78, 5) is 17.0. The van der Waals surface area contributed by atoms with Gasteiger partial charge in [-0.25, -0.2) is 4.98 Å². The molecule has 0 unspecified atom stereocenters. The minimum absolute atomic E-state index is 0.0335. The van der Waals surface area contributed by atoms with Gasteiger partial charge in [-0.3, -0.25) is 4.79 Å². The highest BCUT2D eigenvalue weighted by molar-refractivity contribution is 7.21. The van der Waals surface area contributed by atoms with Gasteiger partial charge in [-0.2, -0.15) is 0 Å². The van der Waals surface area contributed by atoms with E-state index in [-0.39, 0.29) is 5.78 Å². The van der Waals surface area contributed by atoms with Crippen LogP contribution >= 0.6 is 11.3 Å². The Bertz CT molecular complexity index is 663. The predicted octanol–water partition coefficient (Wildman–Crippen LogP) is 2.87. The summed E-state index contributed by atoms with van der Waals surface area (Å²) in [5.41, 5.74) is 0.622. The maximum Gasteiger partial charge on any atom is 0.220 e. The van der Waals surface area contributed by atoms with E-state index in [9.17, 15) is 4.79 Å². The van der Waals surface area contributed by atoms with Gasteiger partial charge in [0, 0.05) is 11.7 Å². The second-order valence-electron chi connectivity index (χ2n) is 3.87. The van der Waals surface area contributed by atoms with Crippen molar-refractivity contribution in [3.8, 4) is 0 Å². The summed E-state index contributed by atoms with van der Waals surface area (Å²) in [5.74, 6) is 0.0335. The first-order chi connectivity index (χ1) is 8.25. The molecule has 0 aliphatic carbocycles. The lowest BCUT2D eigenvalue weighted by atomic mass is 10.2. The molecule has 0 aliphatic rings. The molecule has 0 spiro atoms. The van der Waals surface area contributed by atoms with E-state index in [2.05, 4.69) is 4.98 Å². The van der Waals surface area contributed by atoms with Crippen LogP contribution in [0.3, 0.4) is 0 Å². The molecule has 0 saturated heterocycles. The van der Waals surface area contributed by atoms with Crippen LogP contribution in [0.2, 0.25) is 0 Å². The molecule has 17 heavy (non-hydrogen) atoms. The van der Waals surface area contributed by atoms with E-state index >= 15 is 0 Å². The Labute approximate surface area is 102 Å². The van der Waals surface area contributed by atoms with Gasteiger partial charge >= 0.3 is 0 Å². The molecule has 3 nitrogen and oxygen atoms in total. The van der Waals surface area contributed by atoms with Crippen molar-refractivity contribution >= 4 is 27.2 Å². The molecule has 0 bridgehead atoms. The Morgan fingerprint density at radius 1 is 1.35 bits per heavy atom. The summed E-state index contributed by atoms with van der Waals surface area (Å²) in [5, 5.41) is 1.11. The van der Waals surface area contributed by atoms with E-state index in [4.69, 9.17) is 0 Å². The zero-order valence-corrected chi connectivity index (χ0v) is 10.1. The average molecular weight is 242 g/mol. The van der Waals surface area contributed by atoms with Gasteiger partial charge in [-0.05, 0) is 17.5 Å². The lowest BCUT2D eigenvalue weighted by Crippen LogP contribution is -2.04. The van der Waals surface area contributed by atoms with Crippen molar-refractivity contribution in [2.45, 2.75) is 0 Å². The van der Waals surface area contributed by atoms with Gasteiger partial charge in [0.05, 0.1) is 17.4 Å². The number of fused-ring (bicyclic) bond motifs is 1. The number of nitrogens with zero attached hydrogens (tertiary/aromatic N) is 2. The zero-order valence-electron chi connectivity index (χ0n) is 9.25. The Balaban J connectivity index is 2.10. The molecule has 3 aromatic rings. The van der Waals surface area contributed by atoms with Gasteiger partial charge in [0.15, 0.2) is 0 Å². The van der Waals surface area contributed by atoms with E-state index < -0.39 is 0 Å². The van der Waals surface area contributed by atoms with Gasteiger partial charge in [0.2, 0.25) is 5.78 Å². The highest BCUT2D eigenvalue weighted by atomic mass is 32.1. The molecular weight excluding hydrogens is 232 g/mol. The number of benzene rings is 1. The highest BCUT2D eigenvalue weighted by Gasteiger charge is 2.15. The molecule has 3 rings (SSSR count). The van der Waals surface area contributed by atoms with Crippen molar-refractivity contribution in [1.29, 1.82) is 0 Å². The Morgan fingerprint density at radius 3 is 2.88 bits per heavy atom. The fourth-order valence-corrected chi connectivity index (χ4v) is 2.81. The number of thiophene rings is 1. The normalized spacial score (nSPS) is 10.9. The topological polar surface area (TPSA) is 34.9 Å². The third-order valence-electron chi connectivity index (χ3n) is 2.70. The molecule has 0 atom stereocenters. The maximum atomic E-state index is 12.2. The van der Waals surface area contributed by atoms with Crippen LogP contribution in [0.4, 0.5) is 0 Å². The number of aryl methyl sites for hydroxylation is 1. The Morgan fingerprint density at radius 2 is 2.18 bits per heavy atom. The number of hydrogen-bond donors (Lipinski definition) is 0. The number of rotatable bonds is 2. The van der Waals surface area contributed by atoms with E-state index in [1.54, 1.807) is 17.1 Å². The number of ketones is 1. The summed E-state index contributed by atoms with van der Waals surface area (Å²) in [6.07, 6.45) is 3.24. The van der Waals surface area contributed by atoms with Crippen LogP contribution in [-0.4, -0.2) is 15.3 Å². The molecule has 4 heteroatoms. The van der Waals surface area contributed by atoms with Gasteiger partial charge in [-0.15, -0.1) is 11.3 Å². The second-order valence-corrected chi connectivity index (χ2v) is 4.95. The summed E-state index contributed by atoms with van der Waals surface area (Å²) in [6.45, 7) is 0. The van der Waals surface area contributed by atoms with Crippen molar-refractivity contribution in [3.63, 3.8) is 0 Å². The molecule has 0 aliphatic heterocycles. The first-order valence-corrected chi connectivity index (χ1v) is 6.07. The summed E-state index contributed by atoms with van der Waals surface area (Å²) >= 11 is 1.52. The average Bonchev–Trinajstić information content (AvgIpc) is 2.93. The van der Waals surface area contributed by atoms with Gasteiger partial charge in [-0.1, -0.05) is 18.2 Å². The quantitative estimate of drug-likeness (QED) is 0.648. The third kappa shape index (κ3) is 1.66. The molecule has 84 valence electrons. The number of carbonyl (C=O) groups excluding carboxylic acids is 1. The first-order valence-electron chi connectivity index (χ1n) is 5.25. The number of carbonyl (C=O) groups is 1. The lowest BCUT2D eigenvalue weighted by molar-refractivity contribution is 0.103. The van der Waals surface area contributed by atoms with E-state index in [0.29, 0.717) is 5.69 Å². The van der Waals surface area contributed by atoms with Crippen molar-refractivity contribution in [2.24, 2.45) is 7.05 Å². The van der Waals surface area contributed by atoms with Crippen molar-refractivity contribution in [3.05, 3.63) is 53.4 Å². The largest absolute Gasteiger partial charge is 0.331 e. The van der Waals surface area contributed by atoms with Crippen molar-refractivity contribution in [2.75, 3.05) is 0 Å². The molecule has 0 saturated carbocycles. The number of hydrogen-bond acceptors (Lipinski definition) is 3. The molecule has 2 heterocycles. The van der Waals surface area contributed by atoms with Crippen LogP contribution in [0.1, 0.15) is 15.4 Å². The van der Waals surface area contributed by atoms with E-state index in [0.717, 1.165) is 15.0 Å². The molecule has 0 N–H and O–H groups in total. The molecule has 0 amide bonds. The van der Waals surface area contributed by atoms with Gasteiger partial charge in [0.25, 0.3) is 0 Å². The zero-order chi connectivity index (χ0) is 11.8. The Hall–Kier alpha value is -1.94. The molecule has 0 fully saturated rings. The van der Waals surface area contributed by atoms with Crippen LogP contribution in [-0.2, 0) is 7.05 Å². The third-order valence-corrected chi connectivity index (χ3v) is 3.81. The molecule has 1 aromatic carbocycles. The predicted molar refractivity (Wildman–Crippen MR) is 68.5 cm³/mol. The summed E-state index contributed by atoms with van der Waals surface area (Å²) in [6, 6.07) is 9.95. The van der Waals surface area contributed by atoms with E-state index in [1.807, 2.05) is 37.4 Å². The van der Waals surface area contributed by atoms with E-state index in [1.165, 1.54) is 11.3 Å². The summed E-state index contributed by atoms with van der Waals surface area (Å²) in [7, 11) is 1.83. The molecule has 0 radical (unpaired) electrons. The van der Waals surface area contributed by atoms with Crippen molar-refractivity contribution in [1.82, 2.24) is 9.55 Å².